The molecule has 0 bridgehead atoms. The number of anilines is 1. The van der Waals surface area contributed by atoms with E-state index in [1.807, 2.05) is 0 Å². The van der Waals surface area contributed by atoms with Crippen LogP contribution in [0.5, 0.6) is 0 Å². The lowest BCUT2D eigenvalue weighted by molar-refractivity contribution is 0.580. The number of rotatable bonds is 5. The van der Waals surface area contributed by atoms with Crippen LogP contribution in [0.25, 0.3) is 0 Å². The molecule has 0 heterocycles. The molecule has 2 rings (SSSR count). The van der Waals surface area contributed by atoms with Gasteiger partial charge >= 0.3 is 0 Å². The molecule has 4 nitrogen and oxygen atoms in total. The molecule has 0 spiro atoms. The molecule has 0 aromatic heterocycles. The van der Waals surface area contributed by atoms with Crippen molar-refractivity contribution in [3.05, 3.63) is 34.3 Å². The highest BCUT2D eigenvalue weighted by Crippen LogP contribution is 2.24. The quantitative estimate of drug-likeness (QED) is 0.637. The first-order valence-corrected chi connectivity index (χ1v) is 8.49. The van der Waals surface area contributed by atoms with Crippen LogP contribution in [0.4, 0.5) is 5.69 Å². The average molecular weight is 345 g/mol. The molecule has 0 radical (unpaired) electrons. The Balaban J connectivity index is 2.01. The summed E-state index contributed by atoms with van der Waals surface area (Å²) in [4.78, 5) is 0.224. The number of hydrogen-bond donors (Lipinski definition) is 2. The average Bonchev–Trinajstić information content (AvgIpc) is 2.81. The van der Waals surface area contributed by atoms with E-state index in [1.165, 1.54) is 18.1 Å². The van der Waals surface area contributed by atoms with Crippen LogP contribution in [0.15, 0.2) is 39.2 Å². The van der Waals surface area contributed by atoms with Crippen molar-refractivity contribution >= 4 is 31.6 Å². The van der Waals surface area contributed by atoms with Crippen molar-refractivity contribution in [2.45, 2.75) is 30.6 Å². The van der Waals surface area contributed by atoms with Crippen LogP contribution in [-0.2, 0) is 10.0 Å². The van der Waals surface area contributed by atoms with Gasteiger partial charge in [-0.15, -0.1) is 0 Å². The Labute approximate surface area is 122 Å². The second kappa shape index (κ2) is 6.07. The fraction of sp³-hybridized carbons (Fsp3) is 0.385. The molecule has 6 heteroatoms. The van der Waals surface area contributed by atoms with E-state index in [9.17, 15) is 8.42 Å². The number of benzene rings is 1. The highest BCUT2D eigenvalue weighted by molar-refractivity contribution is 9.10. The van der Waals surface area contributed by atoms with Crippen molar-refractivity contribution < 1.29 is 8.42 Å². The van der Waals surface area contributed by atoms with Crippen molar-refractivity contribution in [3.63, 3.8) is 0 Å². The van der Waals surface area contributed by atoms with Crippen LogP contribution in [-0.4, -0.2) is 15.0 Å². The summed E-state index contributed by atoms with van der Waals surface area (Å²) in [7, 11) is -3.48. The monoisotopic (exact) mass is 344 g/mol. The Morgan fingerprint density at radius 1 is 1.37 bits per heavy atom. The van der Waals surface area contributed by atoms with Gasteiger partial charge in [0.1, 0.15) is 0 Å². The van der Waals surface area contributed by atoms with E-state index < -0.39 is 10.0 Å². The van der Waals surface area contributed by atoms with E-state index in [1.54, 1.807) is 12.1 Å². The van der Waals surface area contributed by atoms with Crippen molar-refractivity contribution in [3.8, 4) is 0 Å². The summed E-state index contributed by atoms with van der Waals surface area (Å²) in [6, 6.07) is 4.68. The van der Waals surface area contributed by atoms with Gasteiger partial charge in [0.15, 0.2) is 0 Å². The van der Waals surface area contributed by atoms with Crippen molar-refractivity contribution in [2.24, 2.45) is 0 Å². The van der Waals surface area contributed by atoms with Gasteiger partial charge in [0.05, 0.1) is 4.90 Å². The van der Waals surface area contributed by atoms with Gasteiger partial charge in [0.25, 0.3) is 0 Å². The molecule has 0 fully saturated rings. The second-order valence-corrected chi connectivity index (χ2v) is 7.18. The third-order valence-corrected chi connectivity index (χ3v) is 5.56. The topological polar surface area (TPSA) is 72.2 Å². The van der Waals surface area contributed by atoms with E-state index in [2.05, 4.69) is 26.7 Å². The zero-order chi connectivity index (χ0) is 13.9. The minimum absolute atomic E-state index is 0.224. The maximum absolute atomic E-state index is 12.1. The Kier molecular flexibility index (Phi) is 4.65. The maximum Gasteiger partial charge on any atom is 0.241 e. The first-order chi connectivity index (χ1) is 8.99. The predicted molar refractivity (Wildman–Crippen MR) is 80.3 cm³/mol. The predicted octanol–water partition coefficient (Wildman–Crippen LogP) is 2.81. The second-order valence-electron chi connectivity index (χ2n) is 4.59. The van der Waals surface area contributed by atoms with Crippen LogP contribution in [0.3, 0.4) is 0 Å². The minimum atomic E-state index is -3.48. The van der Waals surface area contributed by atoms with E-state index >= 15 is 0 Å². The molecular formula is C13H17BrN2O2S. The van der Waals surface area contributed by atoms with Crippen LogP contribution in [0.2, 0.25) is 0 Å². The van der Waals surface area contributed by atoms with Crippen LogP contribution in [0, 0.1) is 0 Å². The Morgan fingerprint density at radius 3 is 2.79 bits per heavy atom. The molecule has 1 aliphatic carbocycles. The zero-order valence-electron chi connectivity index (χ0n) is 10.5. The number of sulfonamides is 1. The first kappa shape index (κ1) is 14.6. The van der Waals surface area contributed by atoms with Gasteiger partial charge < -0.3 is 5.73 Å². The van der Waals surface area contributed by atoms with E-state index in [4.69, 9.17) is 5.73 Å². The molecule has 0 atom stereocenters. The SMILES string of the molecule is Nc1ccc(S(=O)(=O)NCCC2=CCCC2)c(Br)c1. The normalized spacial score (nSPS) is 15.5. The Morgan fingerprint density at radius 2 is 2.16 bits per heavy atom. The summed E-state index contributed by atoms with van der Waals surface area (Å²) in [6.07, 6.45) is 6.38. The number of allylic oxidation sites excluding steroid dienone is 1. The molecular weight excluding hydrogens is 328 g/mol. The Hall–Kier alpha value is -0.850. The largest absolute Gasteiger partial charge is 0.399 e. The molecule has 0 amide bonds. The fourth-order valence-electron chi connectivity index (χ4n) is 2.12. The highest BCUT2D eigenvalue weighted by atomic mass is 79.9. The van der Waals surface area contributed by atoms with Gasteiger partial charge in [0.2, 0.25) is 10.0 Å². The third kappa shape index (κ3) is 3.81. The fourth-order valence-corrected chi connectivity index (χ4v) is 4.25. The minimum Gasteiger partial charge on any atom is -0.399 e. The lowest BCUT2D eigenvalue weighted by atomic mass is 10.2. The van der Waals surface area contributed by atoms with Gasteiger partial charge in [-0.2, -0.15) is 0 Å². The summed E-state index contributed by atoms with van der Waals surface area (Å²) in [5, 5.41) is 0. The Bertz CT molecular complexity index is 597. The molecule has 19 heavy (non-hydrogen) atoms. The number of nitrogen functional groups attached to an aromatic ring is 1. The molecule has 0 unspecified atom stereocenters. The molecule has 104 valence electrons. The number of hydrogen-bond acceptors (Lipinski definition) is 3. The van der Waals surface area contributed by atoms with Crippen LogP contribution in [0.1, 0.15) is 25.7 Å². The number of halogens is 1. The summed E-state index contributed by atoms with van der Waals surface area (Å²) in [5.74, 6) is 0. The molecule has 3 N–H and O–H groups in total. The molecule has 1 aliphatic rings. The molecule has 0 saturated carbocycles. The summed E-state index contributed by atoms with van der Waals surface area (Å²) < 4.78 is 27.4. The lowest BCUT2D eigenvalue weighted by Crippen LogP contribution is -2.25. The van der Waals surface area contributed by atoms with Crippen LogP contribution >= 0.6 is 15.9 Å². The van der Waals surface area contributed by atoms with Crippen molar-refractivity contribution in [2.75, 3.05) is 12.3 Å². The highest BCUT2D eigenvalue weighted by Gasteiger charge is 2.17. The van der Waals surface area contributed by atoms with Crippen LogP contribution < -0.4 is 10.5 Å². The van der Waals surface area contributed by atoms with Gasteiger partial charge in [0, 0.05) is 16.7 Å². The summed E-state index contributed by atoms with van der Waals surface area (Å²) >= 11 is 3.23. The third-order valence-electron chi connectivity index (χ3n) is 3.12. The molecule has 0 aliphatic heterocycles. The molecule has 1 aromatic rings. The van der Waals surface area contributed by atoms with E-state index in [-0.39, 0.29) is 4.90 Å². The molecule has 0 saturated heterocycles. The number of nitrogens with two attached hydrogens (primary N) is 1. The van der Waals surface area contributed by atoms with E-state index in [0.29, 0.717) is 16.7 Å². The van der Waals surface area contributed by atoms with Gasteiger partial charge in [-0.05, 0) is 59.8 Å². The van der Waals surface area contributed by atoms with E-state index in [0.717, 1.165) is 19.3 Å². The van der Waals surface area contributed by atoms with Gasteiger partial charge in [-0.25, -0.2) is 13.1 Å². The summed E-state index contributed by atoms with van der Waals surface area (Å²) in [6.45, 7) is 0.435. The standard InChI is InChI=1S/C13H17BrN2O2S/c14-12-9-11(15)5-6-13(12)19(17,18)16-8-7-10-3-1-2-4-10/h3,5-6,9,16H,1-2,4,7-8,15H2. The van der Waals surface area contributed by atoms with Crippen molar-refractivity contribution in [1.82, 2.24) is 4.72 Å². The lowest BCUT2D eigenvalue weighted by Gasteiger charge is -2.09. The van der Waals surface area contributed by atoms with Gasteiger partial charge in [-0.1, -0.05) is 11.6 Å². The zero-order valence-corrected chi connectivity index (χ0v) is 12.9. The maximum atomic E-state index is 12.1. The molecule has 1 aromatic carbocycles. The first-order valence-electron chi connectivity index (χ1n) is 6.21. The summed E-state index contributed by atoms with van der Waals surface area (Å²) in [5.41, 5.74) is 7.48. The number of nitrogens with one attached hydrogen (secondary N) is 1. The smallest absolute Gasteiger partial charge is 0.241 e. The van der Waals surface area contributed by atoms with Gasteiger partial charge in [-0.3, -0.25) is 0 Å². The van der Waals surface area contributed by atoms with Crippen molar-refractivity contribution in [1.29, 1.82) is 0 Å².